The number of benzene rings is 1. The molecule has 1 aliphatic heterocycles. The highest BCUT2D eigenvalue weighted by Gasteiger charge is 2.39. The molecule has 1 heterocycles. The lowest BCUT2D eigenvalue weighted by Crippen LogP contribution is -2.57. The summed E-state index contributed by atoms with van der Waals surface area (Å²) in [6.45, 7) is 2.16. The molecule has 0 radical (unpaired) electrons. The van der Waals surface area contributed by atoms with Gasteiger partial charge in [-0.15, -0.1) is 0 Å². The summed E-state index contributed by atoms with van der Waals surface area (Å²) in [5.41, 5.74) is 0. The van der Waals surface area contributed by atoms with Crippen LogP contribution in [0.3, 0.4) is 0 Å². The third-order valence-corrected chi connectivity index (χ3v) is 5.22. The van der Waals surface area contributed by atoms with Gasteiger partial charge in [-0.3, -0.25) is 9.59 Å². The Morgan fingerprint density at radius 2 is 2.05 bits per heavy atom. The summed E-state index contributed by atoms with van der Waals surface area (Å²) in [6, 6.07) is 6.76. The Morgan fingerprint density at radius 3 is 2.68 bits per heavy atom. The van der Waals surface area contributed by atoms with E-state index in [9.17, 15) is 18.0 Å². The van der Waals surface area contributed by atoms with Gasteiger partial charge in [-0.25, -0.2) is 8.42 Å². The van der Waals surface area contributed by atoms with E-state index in [-0.39, 0.29) is 31.0 Å². The van der Waals surface area contributed by atoms with Gasteiger partial charge in [-0.05, 0) is 19.1 Å². The summed E-state index contributed by atoms with van der Waals surface area (Å²) in [6.07, 6.45) is -0.300. The number of carbonyl (C=O) groups excluding carboxylic acids is 2. The molecule has 0 aromatic heterocycles. The van der Waals surface area contributed by atoms with Crippen molar-refractivity contribution in [3.63, 3.8) is 0 Å². The molecule has 1 N–H and O–H groups in total. The average molecular weight is 326 g/mol. The molecule has 0 bridgehead atoms. The smallest absolute Gasteiger partial charge is 0.307 e. The van der Waals surface area contributed by atoms with Crippen LogP contribution in [-0.2, 0) is 24.3 Å². The van der Waals surface area contributed by atoms with Crippen LogP contribution in [0.15, 0.2) is 35.2 Å². The van der Waals surface area contributed by atoms with E-state index in [2.05, 4.69) is 5.32 Å². The molecule has 7 nitrogen and oxygen atoms in total. The summed E-state index contributed by atoms with van der Waals surface area (Å²) in [4.78, 5) is 23.7. The van der Waals surface area contributed by atoms with Crippen molar-refractivity contribution in [2.24, 2.45) is 0 Å². The minimum Gasteiger partial charge on any atom is -0.466 e. The van der Waals surface area contributed by atoms with E-state index in [0.29, 0.717) is 0 Å². The van der Waals surface area contributed by atoms with E-state index in [0.717, 1.165) is 4.31 Å². The molecule has 1 saturated heterocycles. The molecule has 0 aliphatic carbocycles. The Balaban J connectivity index is 2.29. The number of nitrogens with one attached hydrogen (secondary N) is 1. The van der Waals surface area contributed by atoms with Crippen molar-refractivity contribution in [1.29, 1.82) is 0 Å². The van der Waals surface area contributed by atoms with E-state index in [1.165, 1.54) is 12.1 Å². The summed E-state index contributed by atoms with van der Waals surface area (Å²) in [5, 5.41) is 2.58. The molecule has 0 spiro atoms. The Morgan fingerprint density at radius 1 is 1.36 bits per heavy atom. The first kappa shape index (κ1) is 16.4. The highest BCUT2D eigenvalue weighted by atomic mass is 32.2. The number of rotatable bonds is 5. The standard InChI is InChI=1S/C14H18N2O5S/c1-2-21-13(17)10-12-14(18)15-8-9-16(12)22(19,20)11-6-4-3-5-7-11/h3-7,12H,2,8-10H2,1H3,(H,15,18)/t12-/m1/s1. The van der Waals surface area contributed by atoms with Crippen molar-refractivity contribution in [1.82, 2.24) is 9.62 Å². The quantitative estimate of drug-likeness (QED) is 0.776. The van der Waals surface area contributed by atoms with Crippen LogP contribution in [0, 0.1) is 0 Å². The van der Waals surface area contributed by atoms with Crippen LogP contribution in [0.2, 0.25) is 0 Å². The Bertz CT molecular complexity index is 644. The minimum atomic E-state index is -3.84. The second-order valence-corrected chi connectivity index (χ2v) is 6.64. The first-order valence-corrected chi connectivity index (χ1v) is 8.41. The topological polar surface area (TPSA) is 92.8 Å². The largest absolute Gasteiger partial charge is 0.466 e. The first-order chi connectivity index (χ1) is 10.5. The molecule has 1 aromatic rings. The summed E-state index contributed by atoms with van der Waals surface area (Å²) in [5.74, 6) is -1.09. The molecule has 2 rings (SSSR count). The van der Waals surface area contributed by atoms with Gasteiger partial charge in [0.25, 0.3) is 0 Å². The van der Waals surface area contributed by atoms with Crippen molar-refractivity contribution < 1.29 is 22.7 Å². The molecule has 1 fully saturated rings. The Kier molecular flexibility index (Phi) is 5.15. The van der Waals surface area contributed by atoms with Crippen LogP contribution in [-0.4, -0.2) is 50.3 Å². The number of esters is 1. The highest BCUT2D eigenvalue weighted by Crippen LogP contribution is 2.21. The van der Waals surface area contributed by atoms with Crippen LogP contribution >= 0.6 is 0 Å². The SMILES string of the molecule is CCOC(=O)C[C@@H]1C(=O)NCCN1S(=O)(=O)c1ccccc1. The summed E-state index contributed by atoms with van der Waals surface area (Å²) < 4.78 is 31.2. The van der Waals surface area contributed by atoms with Crippen molar-refractivity contribution in [2.45, 2.75) is 24.3 Å². The van der Waals surface area contributed by atoms with Crippen LogP contribution in [0.5, 0.6) is 0 Å². The van der Waals surface area contributed by atoms with Crippen molar-refractivity contribution in [3.05, 3.63) is 30.3 Å². The average Bonchev–Trinajstić information content (AvgIpc) is 2.50. The van der Waals surface area contributed by atoms with Crippen LogP contribution in [0.1, 0.15) is 13.3 Å². The number of nitrogens with zero attached hydrogens (tertiary/aromatic N) is 1. The molecule has 1 aliphatic rings. The van der Waals surface area contributed by atoms with Gasteiger partial charge in [0, 0.05) is 13.1 Å². The van der Waals surface area contributed by atoms with Crippen LogP contribution in [0.4, 0.5) is 0 Å². The molecular weight excluding hydrogens is 308 g/mol. The van der Waals surface area contributed by atoms with Gasteiger partial charge in [0.1, 0.15) is 6.04 Å². The van der Waals surface area contributed by atoms with Crippen molar-refractivity contribution >= 4 is 21.9 Å². The highest BCUT2D eigenvalue weighted by molar-refractivity contribution is 7.89. The van der Waals surface area contributed by atoms with Gasteiger partial charge in [0.2, 0.25) is 15.9 Å². The Hall–Kier alpha value is -1.93. The zero-order chi connectivity index (χ0) is 16.2. The molecule has 0 saturated carbocycles. The van der Waals surface area contributed by atoms with E-state index >= 15 is 0 Å². The zero-order valence-corrected chi connectivity index (χ0v) is 13.0. The maximum Gasteiger partial charge on any atom is 0.307 e. The summed E-state index contributed by atoms with van der Waals surface area (Å²) >= 11 is 0. The molecule has 120 valence electrons. The van der Waals surface area contributed by atoms with E-state index < -0.39 is 27.9 Å². The second-order valence-electron chi connectivity index (χ2n) is 4.74. The maximum atomic E-state index is 12.7. The van der Waals surface area contributed by atoms with E-state index in [1.54, 1.807) is 25.1 Å². The van der Waals surface area contributed by atoms with Gasteiger partial charge in [0.05, 0.1) is 17.9 Å². The predicted octanol–water partition coefficient (Wildman–Crippen LogP) is 0.129. The molecule has 0 unspecified atom stereocenters. The number of sulfonamides is 1. The lowest BCUT2D eigenvalue weighted by molar-refractivity contribution is -0.146. The number of hydrogen-bond donors (Lipinski definition) is 1. The molecular formula is C14H18N2O5S. The number of amides is 1. The van der Waals surface area contributed by atoms with Crippen LogP contribution < -0.4 is 5.32 Å². The third kappa shape index (κ3) is 3.45. The van der Waals surface area contributed by atoms with Crippen LogP contribution in [0.25, 0.3) is 0 Å². The fourth-order valence-electron chi connectivity index (χ4n) is 2.28. The van der Waals surface area contributed by atoms with Gasteiger partial charge < -0.3 is 10.1 Å². The lowest BCUT2D eigenvalue weighted by Gasteiger charge is -2.33. The Labute approximate surface area is 129 Å². The normalized spacial score (nSPS) is 19.5. The van der Waals surface area contributed by atoms with Gasteiger partial charge >= 0.3 is 5.97 Å². The van der Waals surface area contributed by atoms with E-state index in [4.69, 9.17) is 4.74 Å². The minimum absolute atomic E-state index is 0.0959. The monoisotopic (exact) mass is 326 g/mol. The zero-order valence-electron chi connectivity index (χ0n) is 12.2. The van der Waals surface area contributed by atoms with Gasteiger partial charge in [0.15, 0.2) is 0 Å². The van der Waals surface area contributed by atoms with Gasteiger partial charge in [-0.1, -0.05) is 18.2 Å². The molecule has 1 aromatic carbocycles. The fourth-order valence-corrected chi connectivity index (χ4v) is 3.89. The molecule has 22 heavy (non-hydrogen) atoms. The fraction of sp³-hybridized carbons (Fsp3) is 0.429. The number of carbonyl (C=O) groups is 2. The van der Waals surface area contributed by atoms with E-state index in [1.807, 2.05) is 0 Å². The molecule has 1 amide bonds. The predicted molar refractivity (Wildman–Crippen MR) is 78.4 cm³/mol. The lowest BCUT2D eigenvalue weighted by atomic mass is 10.1. The molecule has 1 atom stereocenters. The second kappa shape index (κ2) is 6.89. The number of piperazine rings is 1. The maximum absolute atomic E-state index is 12.7. The van der Waals surface area contributed by atoms with Gasteiger partial charge in [-0.2, -0.15) is 4.31 Å². The summed E-state index contributed by atoms with van der Waals surface area (Å²) in [7, 11) is -3.84. The van der Waals surface area contributed by atoms with Crippen molar-refractivity contribution in [3.8, 4) is 0 Å². The number of hydrogen-bond acceptors (Lipinski definition) is 5. The number of ether oxygens (including phenoxy) is 1. The van der Waals surface area contributed by atoms with Crippen molar-refractivity contribution in [2.75, 3.05) is 19.7 Å². The first-order valence-electron chi connectivity index (χ1n) is 6.97. The third-order valence-electron chi connectivity index (χ3n) is 3.30. The molecule has 8 heteroatoms.